The van der Waals surface area contributed by atoms with E-state index in [4.69, 9.17) is 4.74 Å². The van der Waals surface area contributed by atoms with Crippen molar-refractivity contribution in [2.75, 3.05) is 11.6 Å². The molecule has 2 atom stereocenters. The maximum Gasteiger partial charge on any atom is 0.209 e. The number of rotatable bonds is 3. The van der Waals surface area contributed by atoms with Crippen LogP contribution in [0.15, 0.2) is 52.4 Å². The van der Waals surface area contributed by atoms with Crippen molar-refractivity contribution in [3.63, 3.8) is 0 Å². The van der Waals surface area contributed by atoms with Crippen molar-refractivity contribution in [2.45, 2.75) is 36.5 Å². The van der Waals surface area contributed by atoms with E-state index in [2.05, 4.69) is 21.7 Å². The van der Waals surface area contributed by atoms with Gasteiger partial charge >= 0.3 is 0 Å². The predicted molar refractivity (Wildman–Crippen MR) is 113 cm³/mol. The lowest BCUT2D eigenvalue weighted by molar-refractivity contribution is -0.0567. The largest absolute Gasteiger partial charge is 0.485 e. The van der Waals surface area contributed by atoms with E-state index in [1.54, 1.807) is 43.8 Å². The first-order valence-electron chi connectivity index (χ1n) is 8.93. The van der Waals surface area contributed by atoms with Gasteiger partial charge in [-0.3, -0.25) is 5.32 Å². The molecular formula is C21H21N5O2S. The van der Waals surface area contributed by atoms with E-state index >= 15 is 0 Å². The Hall–Kier alpha value is -3.20. The summed E-state index contributed by atoms with van der Waals surface area (Å²) in [6.07, 6.45) is 2.87. The maximum atomic E-state index is 10.9. The number of thioether (sulfide) groups is 1. The Morgan fingerprint density at radius 1 is 1.24 bits per heavy atom. The maximum absolute atomic E-state index is 10.9. The quantitative estimate of drug-likeness (QED) is 0.235. The Morgan fingerprint density at radius 3 is 2.72 bits per heavy atom. The first-order chi connectivity index (χ1) is 13.9. The molecule has 2 aromatic rings. The van der Waals surface area contributed by atoms with Gasteiger partial charge in [0.25, 0.3) is 0 Å². The summed E-state index contributed by atoms with van der Waals surface area (Å²) in [7, 11) is 0. The summed E-state index contributed by atoms with van der Waals surface area (Å²) in [5.74, 6) is 0.745. The van der Waals surface area contributed by atoms with E-state index in [0.29, 0.717) is 16.9 Å². The molecule has 0 aromatic heterocycles. The molecule has 8 heteroatoms. The van der Waals surface area contributed by atoms with E-state index in [1.807, 2.05) is 36.7 Å². The van der Waals surface area contributed by atoms with Crippen LogP contribution in [0, 0.1) is 22.8 Å². The molecule has 0 saturated heterocycles. The van der Waals surface area contributed by atoms with E-state index in [9.17, 15) is 15.6 Å². The fraction of sp³-hybridized carbons (Fsp3) is 0.286. The van der Waals surface area contributed by atoms with Crippen LogP contribution in [-0.4, -0.2) is 29.0 Å². The number of guanidine groups is 1. The zero-order chi connectivity index (χ0) is 21.0. The van der Waals surface area contributed by atoms with Crippen molar-refractivity contribution in [3.8, 4) is 18.0 Å². The van der Waals surface area contributed by atoms with Gasteiger partial charge in [0.1, 0.15) is 23.5 Å². The third kappa shape index (κ3) is 4.45. The highest BCUT2D eigenvalue weighted by molar-refractivity contribution is 7.98. The molecule has 3 N–H and O–H groups in total. The number of hydrogen-bond acceptors (Lipinski definition) is 6. The Labute approximate surface area is 174 Å². The second-order valence-corrected chi connectivity index (χ2v) is 7.91. The van der Waals surface area contributed by atoms with Crippen LogP contribution in [0.25, 0.3) is 0 Å². The lowest BCUT2D eigenvalue weighted by atomic mass is 9.86. The monoisotopic (exact) mass is 407 g/mol. The van der Waals surface area contributed by atoms with Crippen LogP contribution in [0.2, 0.25) is 0 Å². The molecule has 7 nitrogen and oxygen atoms in total. The molecule has 1 aliphatic heterocycles. The van der Waals surface area contributed by atoms with Crippen molar-refractivity contribution in [1.82, 2.24) is 5.32 Å². The summed E-state index contributed by atoms with van der Waals surface area (Å²) in [5.41, 5.74) is 0.888. The van der Waals surface area contributed by atoms with Crippen molar-refractivity contribution in [3.05, 3.63) is 53.6 Å². The molecule has 3 rings (SSSR count). The summed E-state index contributed by atoms with van der Waals surface area (Å²) >= 11 is 1.60. The average Bonchev–Trinajstić information content (AvgIpc) is 2.71. The number of ether oxygens (including phenoxy) is 1. The molecule has 1 aliphatic rings. The van der Waals surface area contributed by atoms with Crippen molar-refractivity contribution < 1.29 is 9.84 Å². The Balaban J connectivity index is 2.04. The van der Waals surface area contributed by atoms with Crippen molar-refractivity contribution in [2.24, 2.45) is 4.99 Å². The number of nitriles is 2. The molecule has 0 unspecified atom stereocenters. The molecular weight excluding hydrogens is 386 g/mol. The lowest BCUT2D eigenvalue weighted by Crippen LogP contribution is -2.49. The van der Waals surface area contributed by atoms with Crippen LogP contribution in [-0.2, 0) is 0 Å². The fourth-order valence-electron chi connectivity index (χ4n) is 3.10. The van der Waals surface area contributed by atoms with Crippen LogP contribution in [0.1, 0.15) is 31.0 Å². The summed E-state index contributed by atoms with van der Waals surface area (Å²) in [4.78, 5) is 5.65. The van der Waals surface area contributed by atoms with Crippen LogP contribution in [0.3, 0.4) is 0 Å². The Kier molecular flexibility index (Phi) is 5.97. The smallest absolute Gasteiger partial charge is 0.209 e. The number of aliphatic hydroxyl groups is 1. The van der Waals surface area contributed by atoms with Gasteiger partial charge in [0, 0.05) is 16.1 Å². The molecule has 0 fully saturated rings. The zero-order valence-corrected chi connectivity index (χ0v) is 17.1. The molecule has 0 spiro atoms. The first kappa shape index (κ1) is 20.5. The molecule has 2 aromatic carbocycles. The number of hydrogen-bond donors (Lipinski definition) is 3. The minimum atomic E-state index is -0.987. The topological polar surface area (TPSA) is 113 Å². The second kappa shape index (κ2) is 8.44. The highest BCUT2D eigenvalue weighted by Gasteiger charge is 2.43. The third-order valence-corrected chi connectivity index (χ3v) is 5.34. The number of nitrogens with zero attached hydrogens (tertiary/aromatic N) is 3. The zero-order valence-electron chi connectivity index (χ0n) is 16.3. The minimum absolute atomic E-state index is 0.195. The number of aliphatic hydroxyl groups excluding tert-OH is 1. The molecule has 0 radical (unpaired) electrons. The van der Waals surface area contributed by atoms with Crippen LogP contribution < -0.4 is 15.4 Å². The van der Waals surface area contributed by atoms with Crippen molar-refractivity contribution >= 4 is 23.4 Å². The van der Waals surface area contributed by atoms with Gasteiger partial charge in [-0.05, 0) is 56.5 Å². The normalized spacial score (nSPS) is 19.9. The van der Waals surface area contributed by atoms with E-state index < -0.39 is 17.7 Å². The number of anilines is 1. The molecule has 0 bridgehead atoms. The van der Waals surface area contributed by atoms with Gasteiger partial charge in [-0.25, -0.2) is 4.99 Å². The lowest BCUT2D eigenvalue weighted by Gasteiger charge is -2.40. The Bertz CT molecular complexity index is 1020. The van der Waals surface area contributed by atoms with E-state index in [-0.39, 0.29) is 5.96 Å². The fourth-order valence-corrected chi connectivity index (χ4v) is 3.56. The van der Waals surface area contributed by atoms with Crippen LogP contribution in [0.5, 0.6) is 5.75 Å². The summed E-state index contributed by atoms with van der Waals surface area (Å²) in [6.45, 7) is 3.54. The third-order valence-electron chi connectivity index (χ3n) is 4.62. The number of aliphatic imine (C=N–C) groups is 1. The van der Waals surface area contributed by atoms with Gasteiger partial charge in [0.15, 0.2) is 6.19 Å². The van der Waals surface area contributed by atoms with Crippen molar-refractivity contribution in [1.29, 1.82) is 10.5 Å². The predicted octanol–water partition coefficient (Wildman–Crippen LogP) is 3.39. The molecule has 1 heterocycles. The standard InChI is InChI=1S/C21H21N5O2S/c1-21(2)19(27)18(16-9-13(11-22)7-8-17(16)28-21)26-20(24-12-23)25-14-5-4-6-15(10-14)29-3/h4-10,18-19,27H,1-3H3,(H2,24,25,26)/t18-,19+/m1/s1. The van der Waals surface area contributed by atoms with E-state index in [1.165, 1.54) is 0 Å². The second-order valence-electron chi connectivity index (χ2n) is 7.03. The van der Waals surface area contributed by atoms with E-state index in [0.717, 1.165) is 10.6 Å². The van der Waals surface area contributed by atoms with Gasteiger partial charge in [0.2, 0.25) is 5.96 Å². The van der Waals surface area contributed by atoms with Gasteiger partial charge in [-0.1, -0.05) is 6.07 Å². The molecule has 0 aliphatic carbocycles. The van der Waals surface area contributed by atoms with Gasteiger partial charge in [-0.2, -0.15) is 10.5 Å². The van der Waals surface area contributed by atoms with Gasteiger partial charge in [-0.15, -0.1) is 11.8 Å². The molecule has 29 heavy (non-hydrogen) atoms. The molecule has 0 amide bonds. The van der Waals surface area contributed by atoms with Gasteiger partial charge in [0.05, 0.1) is 11.6 Å². The van der Waals surface area contributed by atoms with Crippen LogP contribution in [0.4, 0.5) is 5.69 Å². The average molecular weight is 407 g/mol. The van der Waals surface area contributed by atoms with Crippen LogP contribution >= 0.6 is 11.8 Å². The minimum Gasteiger partial charge on any atom is -0.485 e. The summed E-state index contributed by atoms with van der Waals surface area (Å²) in [6, 6.07) is 14.1. The number of benzene rings is 2. The first-order valence-corrected chi connectivity index (χ1v) is 10.2. The molecule has 0 saturated carbocycles. The highest BCUT2D eigenvalue weighted by Crippen LogP contribution is 2.42. The SMILES string of the molecule is CSc1cccc(NC(=N[C@@H]2c3cc(C#N)ccc3OC(C)(C)[C@H]2O)NC#N)c1. The van der Waals surface area contributed by atoms with Gasteiger partial charge < -0.3 is 15.2 Å². The summed E-state index contributed by atoms with van der Waals surface area (Å²) < 4.78 is 5.91. The Morgan fingerprint density at radius 2 is 2.03 bits per heavy atom. The highest BCUT2D eigenvalue weighted by atomic mass is 32.2. The summed E-state index contributed by atoms with van der Waals surface area (Å²) in [5, 5.41) is 35.0. The number of nitrogens with one attached hydrogen (secondary N) is 2. The molecule has 148 valence electrons. The number of fused-ring (bicyclic) bond motifs is 1.